The van der Waals surface area contributed by atoms with E-state index < -0.39 is 0 Å². The lowest BCUT2D eigenvalue weighted by Crippen LogP contribution is -2.10. The number of thiophene rings is 2. The van der Waals surface area contributed by atoms with Crippen LogP contribution in [0.2, 0.25) is 0 Å². The SMILES string of the molecule is O=C(Nc1cc(I)ccc1Br)c1cc2sccc2s1. The van der Waals surface area contributed by atoms with E-state index in [2.05, 4.69) is 43.8 Å². The van der Waals surface area contributed by atoms with Crippen LogP contribution in [0.4, 0.5) is 5.69 Å². The van der Waals surface area contributed by atoms with E-state index in [9.17, 15) is 4.79 Å². The standard InChI is InChI=1S/C13H7BrINOS2/c14-8-2-1-7(15)5-9(8)16-13(17)12-6-11-10(19-12)3-4-18-11/h1-6H,(H,16,17). The number of anilines is 1. The minimum atomic E-state index is -0.0592. The summed E-state index contributed by atoms with van der Waals surface area (Å²) in [6, 6.07) is 9.86. The summed E-state index contributed by atoms with van der Waals surface area (Å²) in [7, 11) is 0. The summed E-state index contributed by atoms with van der Waals surface area (Å²) in [5, 5.41) is 4.98. The Hall–Kier alpha value is -0.440. The smallest absolute Gasteiger partial charge is 0.265 e. The molecule has 0 fully saturated rings. The molecule has 2 heterocycles. The second kappa shape index (κ2) is 5.51. The van der Waals surface area contributed by atoms with Crippen LogP contribution in [0.15, 0.2) is 40.2 Å². The second-order valence-corrected chi connectivity index (χ2v) is 7.97. The van der Waals surface area contributed by atoms with E-state index in [0.29, 0.717) is 0 Å². The quantitative estimate of drug-likeness (QED) is 0.493. The number of amides is 1. The van der Waals surface area contributed by atoms with Crippen molar-refractivity contribution in [3.63, 3.8) is 0 Å². The van der Waals surface area contributed by atoms with E-state index in [1.807, 2.05) is 35.7 Å². The Morgan fingerprint density at radius 3 is 2.84 bits per heavy atom. The van der Waals surface area contributed by atoms with E-state index in [-0.39, 0.29) is 5.91 Å². The molecule has 0 aliphatic heterocycles. The molecule has 0 unspecified atom stereocenters. The third-order valence-corrected chi connectivity index (χ3v) is 5.99. The number of benzene rings is 1. The van der Waals surface area contributed by atoms with Crippen LogP contribution in [-0.4, -0.2) is 5.91 Å². The van der Waals surface area contributed by atoms with Crippen LogP contribution in [0.1, 0.15) is 9.67 Å². The molecule has 1 aromatic carbocycles. The Morgan fingerprint density at radius 1 is 1.21 bits per heavy atom. The van der Waals surface area contributed by atoms with Gasteiger partial charge >= 0.3 is 0 Å². The number of fused-ring (bicyclic) bond motifs is 1. The van der Waals surface area contributed by atoms with Crippen molar-refractivity contribution in [1.29, 1.82) is 0 Å². The van der Waals surface area contributed by atoms with Crippen molar-refractivity contribution in [2.75, 3.05) is 5.32 Å². The molecular weight excluding hydrogens is 457 g/mol. The van der Waals surface area contributed by atoms with E-state index in [0.717, 1.165) is 28.0 Å². The van der Waals surface area contributed by atoms with Gasteiger partial charge in [-0.05, 0) is 74.2 Å². The molecule has 96 valence electrons. The van der Waals surface area contributed by atoms with Gasteiger partial charge in [0, 0.05) is 17.4 Å². The third-order valence-electron chi connectivity index (χ3n) is 2.54. The van der Waals surface area contributed by atoms with E-state index in [4.69, 9.17) is 0 Å². The van der Waals surface area contributed by atoms with Crippen LogP contribution >= 0.6 is 61.2 Å². The Kier molecular flexibility index (Phi) is 3.93. The fourth-order valence-electron chi connectivity index (χ4n) is 1.65. The van der Waals surface area contributed by atoms with E-state index in [1.165, 1.54) is 11.3 Å². The molecule has 3 aromatic rings. The number of carbonyl (C=O) groups excluding carboxylic acids is 1. The first kappa shape index (κ1) is 13.5. The highest BCUT2D eigenvalue weighted by Crippen LogP contribution is 2.31. The fraction of sp³-hybridized carbons (Fsp3) is 0. The zero-order valence-corrected chi connectivity index (χ0v) is 14.8. The highest BCUT2D eigenvalue weighted by atomic mass is 127. The lowest BCUT2D eigenvalue weighted by molar-refractivity contribution is 0.103. The average Bonchev–Trinajstić information content (AvgIpc) is 2.94. The summed E-state index contributed by atoms with van der Waals surface area (Å²) in [4.78, 5) is 13.0. The van der Waals surface area contributed by atoms with Crippen LogP contribution in [-0.2, 0) is 0 Å². The summed E-state index contributed by atoms with van der Waals surface area (Å²) in [6.07, 6.45) is 0. The van der Waals surface area contributed by atoms with Crippen molar-refractivity contribution in [2.24, 2.45) is 0 Å². The normalized spacial score (nSPS) is 10.8. The maximum Gasteiger partial charge on any atom is 0.265 e. The van der Waals surface area contributed by atoms with Gasteiger partial charge in [-0.3, -0.25) is 4.79 Å². The van der Waals surface area contributed by atoms with Gasteiger partial charge in [0.1, 0.15) is 0 Å². The molecule has 6 heteroatoms. The highest BCUT2D eigenvalue weighted by molar-refractivity contribution is 14.1. The molecule has 0 bridgehead atoms. The number of hydrogen-bond donors (Lipinski definition) is 1. The summed E-state index contributed by atoms with van der Waals surface area (Å²) >= 11 is 8.85. The van der Waals surface area contributed by atoms with E-state index in [1.54, 1.807) is 11.3 Å². The monoisotopic (exact) mass is 463 g/mol. The molecule has 2 aromatic heterocycles. The van der Waals surface area contributed by atoms with Crippen molar-refractivity contribution >= 4 is 82.2 Å². The molecule has 0 radical (unpaired) electrons. The molecule has 0 saturated heterocycles. The van der Waals surface area contributed by atoms with Gasteiger partial charge in [-0.25, -0.2) is 0 Å². The van der Waals surface area contributed by atoms with Crippen molar-refractivity contribution < 1.29 is 4.79 Å². The lowest BCUT2D eigenvalue weighted by Gasteiger charge is -2.06. The van der Waals surface area contributed by atoms with Gasteiger partial charge in [0.05, 0.1) is 10.6 Å². The van der Waals surface area contributed by atoms with Gasteiger partial charge in [-0.2, -0.15) is 0 Å². The summed E-state index contributed by atoms with van der Waals surface area (Å²) < 4.78 is 4.30. The Labute approximate surface area is 140 Å². The van der Waals surface area contributed by atoms with Crippen LogP contribution in [0, 0.1) is 3.57 Å². The van der Waals surface area contributed by atoms with Gasteiger partial charge in [-0.1, -0.05) is 0 Å². The molecule has 0 aliphatic rings. The van der Waals surface area contributed by atoms with Crippen LogP contribution in [0.3, 0.4) is 0 Å². The number of nitrogens with one attached hydrogen (secondary N) is 1. The predicted molar refractivity (Wildman–Crippen MR) is 94.5 cm³/mol. The first-order chi connectivity index (χ1) is 9.13. The minimum absolute atomic E-state index is 0.0592. The van der Waals surface area contributed by atoms with Crippen molar-refractivity contribution in [3.05, 3.63) is 48.6 Å². The number of carbonyl (C=O) groups is 1. The van der Waals surface area contributed by atoms with Crippen molar-refractivity contribution in [3.8, 4) is 0 Å². The Morgan fingerprint density at radius 2 is 2.05 bits per heavy atom. The van der Waals surface area contributed by atoms with Crippen molar-refractivity contribution in [1.82, 2.24) is 0 Å². The summed E-state index contributed by atoms with van der Waals surface area (Å²) in [5.41, 5.74) is 0.800. The maximum atomic E-state index is 12.2. The summed E-state index contributed by atoms with van der Waals surface area (Å²) in [5.74, 6) is -0.0592. The van der Waals surface area contributed by atoms with Crippen molar-refractivity contribution in [2.45, 2.75) is 0 Å². The lowest BCUT2D eigenvalue weighted by atomic mass is 10.3. The zero-order valence-electron chi connectivity index (χ0n) is 9.44. The molecule has 1 amide bonds. The Balaban J connectivity index is 1.88. The Bertz CT molecular complexity index is 736. The second-order valence-electron chi connectivity index (χ2n) is 3.84. The fourth-order valence-corrected chi connectivity index (χ4v) is 4.50. The number of rotatable bonds is 2. The van der Waals surface area contributed by atoms with Gasteiger partial charge in [0.2, 0.25) is 0 Å². The largest absolute Gasteiger partial charge is 0.320 e. The van der Waals surface area contributed by atoms with Gasteiger partial charge in [0.25, 0.3) is 5.91 Å². The van der Waals surface area contributed by atoms with Gasteiger partial charge in [0.15, 0.2) is 0 Å². The highest BCUT2D eigenvalue weighted by Gasteiger charge is 2.12. The van der Waals surface area contributed by atoms with Crippen LogP contribution in [0.25, 0.3) is 9.40 Å². The average molecular weight is 464 g/mol. The minimum Gasteiger partial charge on any atom is -0.320 e. The van der Waals surface area contributed by atoms with Crippen LogP contribution in [0.5, 0.6) is 0 Å². The molecule has 19 heavy (non-hydrogen) atoms. The molecule has 0 saturated carbocycles. The molecule has 0 spiro atoms. The van der Waals surface area contributed by atoms with Gasteiger partial charge in [-0.15, -0.1) is 22.7 Å². The third kappa shape index (κ3) is 2.86. The topological polar surface area (TPSA) is 29.1 Å². The molecule has 0 atom stereocenters. The molecule has 1 N–H and O–H groups in total. The van der Waals surface area contributed by atoms with Crippen LogP contribution < -0.4 is 5.32 Å². The van der Waals surface area contributed by atoms with E-state index >= 15 is 0 Å². The molecule has 2 nitrogen and oxygen atoms in total. The zero-order chi connectivity index (χ0) is 13.4. The predicted octanol–water partition coefficient (Wildman–Crippen LogP) is 5.58. The first-order valence-corrected chi connectivity index (χ1v) is 8.94. The van der Waals surface area contributed by atoms with Gasteiger partial charge < -0.3 is 5.32 Å². The number of halogens is 2. The molecular formula is C13H7BrINOS2. The first-order valence-electron chi connectivity index (χ1n) is 5.37. The molecule has 3 rings (SSSR count). The summed E-state index contributed by atoms with van der Waals surface area (Å²) in [6.45, 7) is 0. The number of hydrogen-bond acceptors (Lipinski definition) is 3. The molecule has 0 aliphatic carbocycles. The maximum absolute atomic E-state index is 12.2.